The summed E-state index contributed by atoms with van der Waals surface area (Å²) in [7, 11) is -2.96. The van der Waals surface area contributed by atoms with Gasteiger partial charge < -0.3 is 14.4 Å². The maximum Gasteiger partial charge on any atom is 0.425 e. The van der Waals surface area contributed by atoms with Gasteiger partial charge in [0.2, 0.25) is 0 Å². The lowest BCUT2D eigenvalue weighted by molar-refractivity contribution is -0.189. The first kappa shape index (κ1) is 27.6. The van der Waals surface area contributed by atoms with Crippen molar-refractivity contribution in [3.8, 4) is 11.5 Å². The summed E-state index contributed by atoms with van der Waals surface area (Å²) in [5.74, 6) is -3.89. The molecule has 0 unspecified atom stereocenters. The van der Waals surface area contributed by atoms with Crippen LogP contribution in [0.2, 0.25) is 0 Å². The quantitative estimate of drug-likeness (QED) is 0.489. The van der Waals surface area contributed by atoms with E-state index in [0.29, 0.717) is 19.1 Å². The molecule has 1 heterocycles. The Morgan fingerprint density at radius 3 is 2.17 bits per heavy atom. The predicted octanol–water partition coefficient (Wildman–Crippen LogP) is 4.83. The Balaban J connectivity index is 1.94. The molecule has 14 heteroatoms. The standard InChI is InChI=1S/C22H20F7NO5S/c1-11(21(24,25)26)35-16-6-7-17(36(3,32)33)19(34-2)18(16)20(31)30-9-12(10-30)14-5-4-13(8-15(14)23)22(27,28)29/h4-8,11-12H,9-10H2,1-3H3/t11-/m0/s1. The number of likely N-dealkylation sites (tertiary alicyclic amines) is 1. The van der Waals surface area contributed by atoms with Gasteiger partial charge in [0.25, 0.3) is 5.91 Å². The van der Waals surface area contributed by atoms with Gasteiger partial charge in [0, 0.05) is 25.3 Å². The highest BCUT2D eigenvalue weighted by Gasteiger charge is 2.42. The van der Waals surface area contributed by atoms with E-state index in [9.17, 15) is 43.9 Å². The lowest BCUT2D eigenvalue weighted by Crippen LogP contribution is -2.49. The molecule has 2 aromatic rings. The van der Waals surface area contributed by atoms with Crippen LogP contribution in [0.5, 0.6) is 11.5 Å². The average Bonchev–Trinajstić information content (AvgIpc) is 2.70. The highest BCUT2D eigenvalue weighted by molar-refractivity contribution is 7.90. The molecule has 1 amide bonds. The number of alkyl halides is 6. The van der Waals surface area contributed by atoms with E-state index >= 15 is 0 Å². The average molecular weight is 543 g/mol. The van der Waals surface area contributed by atoms with Crippen molar-refractivity contribution in [1.29, 1.82) is 0 Å². The first-order chi connectivity index (χ1) is 16.4. The number of carbonyl (C=O) groups is 1. The number of halogens is 7. The van der Waals surface area contributed by atoms with E-state index in [0.717, 1.165) is 36.5 Å². The van der Waals surface area contributed by atoms with Crippen LogP contribution in [-0.4, -0.2) is 58.0 Å². The molecular weight excluding hydrogens is 523 g/mol. The summed E-state index contributed by atoms with van der Waals surface area (Å²) in [6, 6.07) is 3.84. The number of methoxy groups -OCH3 is 1. The number of hydrogen-bond donors (Lipinski definition) is 0. The summed E-state index contributed by atoms with van der Waals surface area (Å²) in [6.45, 7) is 0.307. The van der Waals surface area contributed by atoms with Crippen molar-refractivity contribution >= 4 is 15.7 Å². The Hall–Kier alpha value is -3.03. The van der Waals surface area contributed by atoms with Gasteiger partial charge in [0.05, 0.1) is 12.7 Å². The molecule has 0 saturated carbocycles. The summed E-state index contributed by atoms with van der Waals surface area (Å²) in [6.07, 6.45) is -11.1. The van der Waals surface area contributed by atoms with Crippen molar-refractivity contribution in [2.45, 2.75) is 36.2 Å². The van der Waals surface area contributed by atoms with E-state index in [4.69, 9.17) is 9.47 Å². The summed E-state index contributed by atoms with van der Waals surface area (Å²) in [5.41, 5.74) is -1.84. The fraction of sp³-hybridized carbons (Fsp3) is 0.409. The van der Waals surface area contributed by atoms with Crippen LogP contribution in [0.4, 0.5) is 30.7 Å². The number of nitrogens with zero attached hydrogens (tertiary/aromatic N) is 1. The number of amides is 1. The molecule has 3 rings (SSSR count). The second-order valence-corrected chi connectivity index (χ2v) is 10.2. The number of rotatable bonds is 6. The molecule has 0 aliphatic carbocycles. The van der Waals surface area contributed by atoms with E-state index in [1.54, 1.807) is 0 Å². The van der Waals surface area contributed by atoms with Gasteiger partial charge in [-0.1, -0.05) is 6.07 Å². The van der Waals surface area contributed by atoms with Crippen molar-refractivity contribution in [3.05, 3.63) is 52.8 Å². The maximum absolute atomic E-state index is 14.3. The van der Waals surface area contributed by atoms with Crippen LogP contribution in [-0.2, 0) is 16.0 Å². The fourth-order valence-electron chi connectivity index (χ4n) is 3.63. The van der Waals surface area contributed by atoms with E-state index in [1.807, 2.05) is 0 Å². The normalized spacial score (nSPS) is 15.9. The van der Waals surface area contributed by atoms with Gasteiger partial charge in [-0.3, -0.25) is 4.79 Å². The van der Waals surface area contributed by atoms with Crippen molar-refractivity contribution in [2.24, 2.45) is 0 Å². The Morgan fingerprint density at radius 2 is 1.69 bits per heavy atom. The second kappa shape index (κ2) is 9.45. The van der Waals surface area contributed by atoms with Crippen molar-refractivity contribution in [3.63, 3.8) is 0 Å². The highest BCUT2D eigenvalue weighted by Crippen LogP contribution is 2.40. The van der Waals surface area contributed by atoms with Crippen LogP contribution in [0.25, 0.3) is 0 Å². The molecule has 0 radical (unpaired) electrons. The first-order valence-corrected chi connectivity index (χ1v) is 12.1. The third-order valence-electron chi connectivity index (χ3n) is 5.60. The first-order valence-electron chi connectivity index (χ1n) is 10.3. The molecule has 1 aliphatic heterocycles. The van der Waals surface area contributed by atoms with Crippen molar-refractivity contribution in [1.82, 2.24) is 4.90 Å². The smallest absolute Gasteiger partial charge is 0.425 e. The van der Waals surface area contributed by atoms with E-state index in [2.05, 4.69) is 0 Å². The summed E-state index contributed by atoms with van der Waals surface area (Å²) in [5, 5.41) is 0. The number of hydrogen-bond acceptors (Lipinski definition) is 5. The maximum atomic E-state index is 14.3. The Morgan fingerprint density at radius 1 is 1.08 bits per heavy atom. The third kappa shape index (κ3) is 5.52. The largest absolute Gasteiger partial charge is 0.494 e. The minimum atomic E-state index is -4.80. The molecule has 1 fully saturated rings. The van der Waals surface area contributed by atoms with Gasteiger partial charge >= 0.3 is 12.4 Å². The van der Waals surface area contributed by atoms with Crippen LogP contribution in [0.3, 0.4) is 0 Å². The molecule has 0 bridgehead atoms. The monoisotopic (exact) mass is 543 g/mol. The second-order valence-electron chi connectivity index (χ2n) is 8.19. The Labute approximate surface area is 201 Å². The fourth-order valence-corrected chi connectivity index (χ4v) is 4.47. The Bertz CT molecular complexity index is 1270. The van der Waals surface area contributed by atoms with Crippen LogP contribution in [0.1, 0.15) is 34.3 Å². The van der Waals surface area contributed by atoms with E-state index < -0.39 is 73.5 Å². The molecule has 0 aromatic heterocycles. The Kier molecular flexibility index (Phi) is 7.23. The minimum absolute atomic E-state index is 0.0777. The van der Waals surface area contributed by atoms with Crippen LogP contribution < -0.4 is 9.47 Å². The van der Waals surface area contributed by atoms with Crippen LogP contribution >= 0.6 is 0 Å². The molecule has 1 atom stereocenters. The lowest BCUT2D eigenvalue weighted by atomic mass is 9.89. The summed E-state index contributed by atoms with van der Waals surface area (Å²) >= 11 is 0. The predicted molar refractivity (Wildman–Crippen MR) is 112 cm³/mol. The number of ether oxygens (including phenoxy) is 2. The zero-order chi connectivity index (χ0) is 27.2. The third-order valence-corrected chi connectivity index (χ3v) is 6.72. The molecule has 1 aliphatic rings. The molecule has 2 aromatic carbocycles. The molecule has 0 spiro atoms. The molecule has 0 N–H and O–H groups in total. The van der Waals surface area contributed by atoms with Gasteiger partial charge in [-0.2, -0.15) is 26.3 Å². The molecule has 198 valence electrons. The number of benzene rings is 2. The zero-order valence-electron chi connectivity index (χ0n) is 19.0. The van der Waals surface area contributed by atoms with Gasteiger partial charge in [-0.15, -0.1) is 0 Å². The van der Waals surface area contributed by atoms with Gasteiger partial charge in [0.1, 0.15) is 22.0 Å². The minimum Gasteiger partial charge on any atom is -0.494 e. The van der Waals surface area contributed by atoms with E-state index in [-0.39, 0.29) is 18.7 Å². The SMILES string of the molecule is COc1c(S(C)(=O)=O)ccc(O[C@@H](C)C(F)(F)F)c1C(=O)N1CC(c2ccc(C(F)(F)F)cc2F)C1. The summed E-state index contributed by atoms with van der Waals surface area (Å²) < 4.78 is 126. The highest BCUT2D eigenvalue weighted by atomic mass is 32.2. The van der Waals surface area contributed by atoms with Crippen LogP contribution in [0.15, 0.2) is 35.2 Å². The summed E-state index contributed by atoms with van der Waals surface area (Å²) in [4.78, 5) is 13.8. The van der Waals surface area contributed by atoms with Gasteiger partial charge in [0.15, 0.2) is 21.7 Å². The zero-order valence-corrected chi connectivity index (χ0v) is 19.8. The molecule has 1 saturated heterocycles. The van der Waals surface area contributed by atoms with Crippen molar-refractivity contribution in [2.75, 3.05) is 26.5 Å². The number of carbonyl (C=O) groups excluding carboxylic acids is 1. The van der Waals surface area contributed by atoms with Crippen LogP contribution in [0, 0.1) is 5.82 Å². The van der Waals surface area contributed by atoms with Gasteiger partial charge in [-0.25, -0.2) is 12.8 Å². The van der Waals surface area contributed by atoms with Gasteiger partial charge in [-0.05, 0) is 36.8 Å². The lowest BCUT2D eigenvalue weighted by Gasteiger charge is -2.40. The number of sulfone groups is 1. The van der Waals surface area contributed by atoms with E-state index in [1.165, 1.54) is 0 Å². The molecular formula is C22H20F7NO5S. The van der Waals surface area contributed by atoms with Crippen molar-refractivity contribution < 1.29 is 53.4 Å². The molecule has 6 nitrogen and oxygen atoms in total. The topological polar surface area (TPSA) is 72.9 Å². The molecule has 36 heavy (non-hydrogen) atoms.